The van der Waals surface area contributed by atoms with Crippen LogP contribution in [-0.2, 0) is 16.8 Å². The third-order valence-electron chi connectivity index (χ3n) is 7.03. The number of likely N-dealkylation sites (tertiary alicyclic amines) is 1. The van der Waals surface area contributed by atoms with Crippen molar-refractivity contribution >= 4 is 5.97 Å². The van der Waals surface area contributed by atoms with Gasteiger partial charge in [0.25, 0.3) is 0 Å². The number of halogens is 1. The lowest BCUT2D eigenvalue weighted by Gasteiger charge is -2.42. The minimum atomic E-state index is -0.895. The summed E-state index contributed by atoms with van der Waals surface area (Å²) in [5.74, 6) is -1.11. The van der Waals surface area contributed by atoms with Gasteiger partial charge in [-0.3, -0.25) is 9.69 Å². The van der Waals surface area contributed by atoms with E-state index < -0.39 is 11.4 Å². The zero-order valence-corrected chi connectivity index (χ0v) is 15.4. The van der Waals surface area contributed by atoms with Gasteiger partial charge < -0.3 is 10.4 Å². The van der Waals surface area contributed by atoms with Crippen molar-refractivity contribution in [3.63, 3.8) is 0 Å². The van der Waals surface area contributed by atoms with E-state index in [1.54, 1.807) is 6.07 Å². The molecular formula is C21H29FN2O2. The lowest BCUT2D eigenvalue weighted by atomic mass is 9.78. The third kappa shape index (κ3) is 3.05. The van der Waals surface area contributed by atoms with Crippen LogP contribution < -0.4 is 5.32 Å². The summed E-state index contributed by atoms with van der Waals surface area (Å²) in [6.07, 6.45) is 7.75. The molecule has 2 heterocycles. The second-order valence-corrected chi connectivity index (χ2v) is 8.44. The molecule has 0 radical (unpaired) electrons. The molecule has 0 bridgehead atoms. The molecule has 3 aliphatic rings. The number of hydrogen-bond donors (Lipinski definition) is 2. The highest BCUT2D eigenvalue weighted by atomic mass is 19.1. The number of carboxylic acid groups (broad SMARTS) is 1. The molecule has 0 unspecified atom stereocenters. The highest BCUT2D eigenvalue weighted by molar-refractivity contribution is 5.81. The summed E-state index contributed by atoms with van der Waals surface area (Å²) in [5.41, 5.74) is 0.938. The number of nitrogens with zero attached hydrogens (tertiary/aromatic N) is 1. The van der Waals surface area contributed by atoms with E-state index in [1.807, 2.05) is 6.07 Å². The Morgan fingerprint density at radius 2 is 1.81 bits per heavy atom. The van der Waals surface area contributed by atoms with E-state index >= 15 is 0 Å². The first-order valence-corrected chi connectivity index (χ1v) is 10.0. The molecule has 2 saturated heterocycles. The Labute approximate surface area is 154 Å². The van der Waals surface area contributed by atoms with Crippen molar-refractivity contribution in [1.82, 2.24) is 10.2 Å². The Bertz CT molecular complexity index is 679. The molecule has 26 heavy (non-hydrogen) atoms. The van der Waals surface area contributed by atoms with Gasteiger partial charge in [-0.25, -0.2) is 4.39 Å². The monoisotopic (exact) mass is 360 g/mol. The molecule has 4 rings (SSSR count). The van der Waals surface area contributed by atoms with Gasteiger partial charge in [0.1, 0.15) is 5.82 Å². The van der Waals surface area contributed by atoms with Gasteiger partial charge in [-0.15, -0.1) is 0 Å². The molecule has 1 spiro atoms. The first kappa shape index (κ1) is 17.9. The zero-order valence-electron chi connectivity index (χ0n) is 15.4. The maximum absolute atomic E-state index is 14.4. The molecule has 142 valence electrons. The van der Waals surface area contributed by atoms with E-state index in [0.29, 0.717) is 18.4 Å². The van der Waals surface area contributed by atoms with Gasteiger partial charge in [0.15, 0.2) is 0 Å². The predicted molar refractivity (Wildman–Crippen MR) is 98.7 cm³/mol. The fourth-order valence-electron chi connectivity index (χ4n) is 5.54. The number of carbonyl (C=O) groups is 1. The number of aliphatic carboxylic acids is 1. The van der Waals surface area contributed by atoms with Crippen molar-refractivity contribution in [1.29, 1.82) is 0 Å². The predicted octanol–water partition coefficient (Wildman–Crippen LogP) is 3.44. The summed E-state index contributed by atoms with van der Waals surface area (Å²) in [6, 6.07) is 5.02. The molecule has 1 aromatic carbocycles. The van der Waals surface area contributed by atoms with Gasteiger partial charge >= 0.3 is 5.97 Å². The average molecular weight is 360 g/mol. The Hall–Kier alpha value is -1.46. The van der Waals surface area contributed by atoms with Gasteiger partial charge in [0, 0.05) is 12.1 Å². The molecule has 3 fully saturated rings. The molecule has 5 heteroatoms. The number of nitrogens with one attached hydrogen (secondary N) is 1. The average Bonchev–Trinajstić information content (AvgIpc) is 3.25. The summed E-state index contributed by atoms with van der Waals surface area (Å²) in [5, 5.41) is 13.3. The number of carboxylic acids is 1. The lowest BCUT2D eigenvalue weighted by molar-refractivity contribution is -0.143. The van der Waals surface area contributed by atoms with Gasteiger partial charge in [0.05, 0.1) is 5.41 Å². The van der Waals surface area contributed by atoms with E-state index in [-0.39, 0.29) is 11.4 Å². The SMILES string of the molecule is O=C(O)C1(c2cc(F)cc(CN3CCCC34CCNCC4)c2)CCCC1. The van der Waals surface area contributed by atoms with E-state index in [0.717, 1.165) is 57.4 Å². The fraction of sp³-hybridized carbons (Fsp3) is 0.667. The summed E-state index contributed by atoms with van der Waals surface area (Å²) in [6.45, 7) is 3.87. The van der Waals surface area contributed by atoms with E-state index in [1.165, 1.54) is 18.9 Å². The van der Waals surface area contributed by atoms with Crippen molar-refractivity contribution in [2.24, 2.45) is 0 Å². The van der Waals surface area contributed by atoms with Crippen LogP contribution in [0.3, 0.4) is 0 Å². The van der Waals surface area contributed by atoms with Crippen LogP contribution in [-0.4, -0.2) is 41.1 Å². The van der Waals surface area contributed by atoms with Crippen LogP contribution in [0.1, 0.15) is 62.5 Å². The van der Waals surface area contributed by atoms with Crippen molar-refractivity contribution < 1.29 is 14.3 Å². The molecule has 0 atom stereocenters. The minimum Gasteiger partial charge on any atom is -0.481 e. The van der Waals surface area contributed by atoms with Crippen LogP contribution in [0, 0.1) is 5.82 Å². The van der Waals surface area contributed by atoms with Crippen molar-refractivity contribution in [3.8, 4) is 0 Å². The Kier molecular flexibility index (Phi) is 4.78. The van der Waals surface area contributed by atoms with Crippen LogP contribution >= 0.6 is 0 Å². The normalized spacial score (nSPS) is 25.0. The van der Waals surface area contributed by atoms with Crippen LogP contribution in [0.25, 0.3) is 0 Å². The lowest BCUT2D eigenvalue weighted by Crippen LogP contribution is -2.50. The second kappa shape index (κ2) is 6.93. The first-order chi connectivity index (χ1) is 12.5. The van der Waals surface area contributed by atoms with Crippen molar-refractivity contribution in [3.05, 3.63) is 35.1 Å². The van der Waals surface area contributed by atoms with Crippen LogP contribution in [0.5, 0.6) is 0 Å². The summed E-state index contributed by atoms with van der Waals surface area (Å²) in [4.78, 5) is 14.5. The number of hydrogen-bond acceptors (Lipinski definition) is 3. The molecule has 1 saturated carbocycles. The largest absolute Gasteiger partial charge is 0.481 e. The smallest absolute Gasteiger partial charge is 0.314 e. The standard InChI is InChI=1S/C21H29FN2O2/c22-18-13-16(12-17(14-18)21(19(25)26)5-1-2-6-21)15-24-11-3-4-20(24)7-9-23-10-8-20/h12-14,23H,1-11,15H2,(H,25,26). The Morgan fingerprint density at radius 3 is 2.50 bits per heavy atom. The Balaban J connectivity index is 1.61. The summed E-state index contributed by atoms with van der Waals surface area (Å²) in [7, 11) is 0. The maximum Gasteiger partial charge on any atom is 0.314 e. The number of rotatable bonds is 4. The van der Waals surface area contributed by atoms with E-state index in [2.05, 4.69) is 10.2 Å². The van der Waals surface area contributed by atoms with Gasteiger partial charge in [-0.2, -0.15) is 0 Å². The highest BCUT2D eigenvalue weighted by Gasteiger charge is 2.44. The quantitative estimate of drug-likeness (QED) is 0.864. The fourth-order valence-corrected chi connectivity index (χ4v) is 5.54. The molecule has 2 aliphatic heterocycles. The molecule has 2 N–H and O–H groups in total. The molecule has 4 nitrogen and oxygen atoms in total. The Morgan fingerprint density at radius 1 is 1.08 bits per heavy atom. The van der Waals surface area contributed by atoms with Crippen molar-refractivity contribution in [2.75, 3.05) is 19.6 Å². The molecule has 0 amide bonds. The maximum atomic E-state index is 14.4. The second-order valence-electron chi connectivity index (χ2n) is 8.44. The molecule has 1 aliphatic carbocycles. The zero-order chi connectivity index (χ0) is 18.2. The van der Waals surface area contributed by atoms with Crippen LogP contribution in [0.2, 0.25) is 0 Å². The molecule has 0 aromatic heterocycles. The van der Waals surface area contributed by atoms with Crippen LogP contribution in [0.15, 0.2) is 18.2 Å². The topological polar surface area (TPSA) is 52.6 Å². The van der Waals surface area contributed by atoms with Gasteiger partial charge in [-0.1, -0.05) is 18.9 Å². The third-order valence-corrected chi connectivity index (χ3v) is 7.03. The van der Waals surface area contributed by atoms with Gasteiger partial charge in [0.2, 0.25) is 0 Å². The van der Waals surface area contributed by atoms with Gasteiger partial charge in [-0.05, 0) is 81.4 Å². The van der Waals surface area contributed by atoms with E-state index in [9.17, 15) is 14.3 Å². The minimum absolute atomic E-state index is 0.246. The van der Waals surface area contributed by atoms with Crippen LogP contribution in [0.4, 0.5) is 4.39 Å². The summed E-state index contributed by atoms with van der Waals surface area (Å²) < 4.78 is 14.4. The van der Waals surface area contributed by atoms with Crippen molar-refractivity contribution in [2.45, 2.75) is 68.9 Å². The highest BCUT2D eigenvalue weighted by Crippen LogP contribution is 2.43. The number of piperidine rings is 1. The first-order valence-electron chi connectivity index (χ1n) is 10.0. The summed E-state index contributed by atoms with van der Waals surface area (Å²) >= 11 is 0. The molecule has 1 aromatic rings. The number of benzene rings is 1. The van der Waals surface area contributed by atoms with E-state index in [4.69, 9.17) is 0 Å². The molecular weight excluding hydrogens is 331 g/mol.